The van der Waals surface area contributed by atoms with E-state index in [1.807, 2.05) is 36.6 Å². The fraction of sp³-hybridized carbons (Fsp3) is 0.353. The van der Waals surface area contributed by atoms with Crippen LogP contribution in [0.3, 0.4) is 0 Å². The number of nitrogens with zero attached hydrogens (tertiary/aromatic N) is 2. The number of rotatable bonds is 7. The van der Waals surface area contributed by atoms with E-state index in [2.05, 4.69) is 15.6 Å². The van der Waals surface area contributed by atoms with Crippen molar-refractivity contribution in [3.8, 4) is 5.75 Å². The van der Waals surface area contributed by atoms with Crippen molar-refractivity contribution in [3.05, 3.63) is 40.9 Å². The summed E-state index contributed by atoms with van der Waals surface area (Å²) in [7, 11) is 0. The van der Waals surface area contributed by atoms with Crippen LogP contribution < -0.4 is 20.3 Å². The number of benzene rings is 1. The van der Waals surface area contributed by atoms with Gasteiger partial charge in [0, 0.05) is 25.0 Å². The Kier molecular flexibility index (Phi) is 5.49. The normalized spacial score (nSPS) is 13.6. The van der Waals surface area contributed by atoms with Crippen molar-refractivity contribution >= 4 is 28.4 Å². The molecule has 3 rings (SSSR count). The number of carbonyl (C=O) groups is 2. The van der Waals surface area contributed by atoms with E-state index >= 15 is 0 Å². The van der Waals surface area contributed by atoms with Crippen LogP contribution in [0.4, 0.5) is 9.93 Å². The van der Waals surface area contributed by atoms with Crippen molar-refractivity contribution in [1.29, 1.82) is 0 Å². The summed E-state index contributed by atoms with van der Waals surface area (Å²) in [5.41, 5.74) is 1.65. The van der Waals surface area contributed by atoms with Crippen LogP contribution in [0, 0.1) is 0 Å². The van der Waals surface area contributed by atoms with Crippen LogP contribution in [0.5, 0.6) is 5.75 Å². The SMILES string of the molecule is CCOc1cccc(CNC(=O)Cc2csc(N3CCNC3=O)n2)c1. The molecular formula is C17H20N4O3S. The Morgan fingerprint density at radius 3 is 3.12 bits per heavy atom. The fourth-order valence-corrected chi connectivity index (χ4v) is 3.34. The maximum atomic E-state index is 12.1. The van der Waals surface area contributed by atoms with Crippen molar-refractivity contribution in [2.75, 3.05) is 24.6 Å². The Balaban J connectivity index is 1.52. The number of nitrogens with one attached hydrogen (secondary N) is 2. The Morgan fingerprint density at radius 1 is 1.48 bits per heavy atom. The molecule has 25 heavy (non-hydrogen) atoms. The smallest absolute Gasteiger partial charge is 0.323 e. The van der Waals surface area contributed by atoms with Crippen LogP contribution in [0.25, 0.3) is 0 Å². The molecule has 2 N–H and O–H groups in total. The van der Waals surface area contributed by atoms with Gasteiger partial charge in [-0.1, -0.05) is 12.1 Å². The lowest BCUT2D eigenvalue weighted by atomic mass is 10.2. The van der Waals surface area contributed by atoms with Gasteiger partial charge in [0.05, 0.1) is 18.7 Å². The largest absolute Gasteiger partial charge is 0.494 e. The third-order valence-electron chi connectivity index (χ3n) is 3.67. The number of amides is 3. The molecule has 7 nitrogen and oxygen atoms in total. The minimum absolute atomic E-state index is 0.107. The third-order valence-corrected chi connectivity index (χ3v) is 4.58. The van der Waals surface area contributed by atoms with Crippen LogP contribution in [-0.4, -0.2) is 36.6 Å². The number of anilines is 1. The number of urea groups is 1. The first-order chi connectivity index (χ1) is 12.2. The minimum Gasteiger partial charge on any atom is -0.494 e. The Hall–Kier alpha value is -2.61. The van der Waals surface area contributed by atoms with E-state index in [4.69, 9.17) is 4.74 Å². The van der Waals surface area contributed by atoms with Gasteiger partial charge in [0.25, 0.3) is 0 Å². The molecule has 1 saturated heterocycles. The lowest BCUT2D eigenvalue weighted by molar-refractivity contribution is -0.120. The number of thiazole rings is 1. The van der Waals surface area contributed by atoms with Gasteiger partial charge in [0.15, 0.2) is 5.13 Å². The Morgan fingerprint density at radius 2 is 2.36 bits per heavy atom. The summed E-state index contributed by atoms with van der Waals surface area (Å²) >= 11 is 1.37. The monoisotopic (exact) mass is 360 g/mol. The average Bonchev–Trinajstić information content (AvgIpc) is 3.22. The van der Waals surface area contributed by atoms with E-state index in [0.717, 1.165) is 11.3 Å². The van der Waals surface area contributed by atoms with Gasteiger partial charge in [-0.15, -0.1) is 11.3 Å². The van der Waals surface area contributed by atoms with Gasteiger partial charge in [-0.3, -0.25) is 9.69 Å². The van der Waals surface area contributed by atoms with Crippen LogP contribution >= 0.6 is 11.3 Å². The van der Waals surface area contributed by atoms with Gasteiger partial charge < -0.3 is 15.4 Å². The zero-order chi connectivity index (χ0) is 17.6. The maximum Gasteiger partial charge on any atom is 0.323 e. The molecular weight excluding hydrogens is 340 g/mol. The minimum atomic E-state index is -0.139. The number of aromatic nitrogens is 1. The van der Waals surface area contributed by atoms with Crippen LogP contribution in [0.1, 0.15) is 18.2 Å². The summed E-state index contributed by atoms with van der Waals surface area (Å²) in [6.45, 7) is 4.20. The van der Waals surface area contributed by atoms with Crippen LogP contribution in [-0.2, 0) is 17.8 Å². The van der Waals surface area contributed by atoms with Crippen molar-refractivity contribution in [1.82, 2.24) is 15.6 Å². The molecule has 3 amide bonds. The van der Waals surface area contributed by atoms with Crippen LogP contribution in [0.15, 0.2) is 29.6 Å². The molecule has 0 unspecified atom stereocenters. The number of carbonyl (C=O) groups excluding carboxylic acids is 2. The van der Waals surface area contributed by atoms with Crippen molar-refractivity contribution in [3.63, 3.8) is 0 Å². The molecule has 0 atom stereocenters. The molecule has 0 spiro atoms. The molecule has 8 heteroatoms. The molecule has 2 heterocycles. The summed E-state index contributed by atoms with van der Waals surface area (Å²) in [6.07, 6.45) is 0.192. The highest BCUT2D eigenvalue weighted by molar-refractivity contribution is 7.14. The summed E-state index contributed by atoms with van der Waals surface area (Å²) < 4.78 is 5.45. The first kappa shape index (κ1) is 17.2. The van der Waals surface area contributed by atoms with Crippen molar-refractivity contribution < 1.29 is 14.3 Å². The lowest BCUT2D eigenvalue weighted by Gasteiger charge is -2.09. The van der Waals surface area contributed by atoms with E-state index in [9.17, 15) is 9.59 Å². The van der Waals surface area contributed by atoms with E-state index in [-0.39, 0.29) is 18.4 Å². The van der Waals surface area contributed by atoms with E-state index in [0.29, 0.717) is 37.1 Å². The predicted molar refractivity (Wildman–Crippen MR) is 96.0 cm³/mol. The molecule has 1 aromatic carbocycles. The van der Waals surface area contributed by atoms with E-state index in [1.54, 1.807) is 4.90 Å². The second-order valence-corrected chi connectivity index (χ2v) is 6.38. The zero-order valence-corrected chi connectivity index (χ0v) is 14.8. The number of hydrogen-bond acceptors (Lipinski definition) is 5. The first-order valence-electron chi connectivity index (χ1n) is 8.14. The fourth-order valence-electron chi connectivity index (χ4n) is 2.50. The highest BCUT2D eigenvalue weighted by Gasteiger charge is 2.24. The van der Waals surface area contributed by atoms with Gasteiger partial charge in [0.1, 0.15) is 5.75 Å². The highest BCUT2D eigenvalue weighted by Crippen LogP contribution is 2.22. The Bertz CT molecular complexity index is 762. The topological polar surface area (TPSA) is 83.6 Å². The summed E-state index contributed by atoms with van der Waals surface area (Å²) in [6, 6.07) is 7.51. The number of hydrogen-bond donors (Lipinski definition) is 2. The molecule has 1 aliphatic heterocycles. The second-order valence-electron chi connectivity index (χ2n) is 5.54. The van der Waals surface area contributed by atoms with E-state index in [1.165, 1.54) is 11.3 Å². The lowest BCUT2D eigenvalue weighted by Crippen LogP contribution is -2.27. The second kappa shape index (κ2) is 7.98. The molecule has 2 aromatic rings. The molecule has 132 valence electrons. The van der Waals surface area contributed by atoms with Gasteiger partial charge in [-0.25, -0.2) is 9.78 Å². The quantitative estimate of drug-likeness (QED) is 0.790. The molecule has 1 fully saturated rings. The first-order valence-corrected chi connectivity index (χ1v) is 9.02. The number of ether oxygens (including phenoxy) is 1. The Labute approximate surface area is 150 Å². The summed E-state index contributed by atoms with van der Waals surface area (Å²) in [5.74, 6) is 0.687. The van der Waals surface area contributed by atoms with Gasteiger partial charge in [-0.05, 0) is 24.6 Å². The van der Waals surface area contributed by atoms with Crippen molar-refractivity contribution in [2.24, 2.45) is 0 Å². The highest BCUT2D eigenvalue weighted by atomic mass is 32.1. The van der Waals surface area contributed by atoms with Gasteiger partial charge in [0.2, 0.25) is 5.91 Å². The summed E-state index contributed by atoms with van der Waals surface area (Å²) in [5, 5.41) is 8.06. The molecule has 0 saturated carbocycles. The van der Waals surface area contributed by atoms with Gasteiger partial charge in [-0.2, -0.15) is 0 Å². The molecule has 0 radical (unpaired) electrons. The van der Waals surface area contributed by atoms with Crippen LogP contribution in [0.2, 0.25) is 0 Å². The molecule has 0 bridgehead atoms. The average molecular weight is 360 g/mol. The molecule has 1 aliphatic rings. The standard InChI is InChI=1S/C17H20N4O3S/c1-2-24-14-5-3-4-12(8-14)10-19-15(22)9-13-11-25-17(20-13)21-7-6-18-16(21)23/h3-5,8,11H,2,6-7,9-10H2,1H3,(H,18,23)(H,19,22). The summed E-state index contributed by atoms with van der Waals surface area (Å²) in [4.78, 5) is 29.7. The third kappa shape index (κ3) is 4.48. The van der Waals surface area contributed by atoms with Crippen molar-refractivity contribution in [2.45, 2.75) is 19.9 Å². The zero-order valence-electron chi connectivity index (χ0n) is 13.9. The maximum absolute atomic E-state index is 12.1. The van der Waals surface area contributed by atoms with Gasteiger partial charge >= 0.3 is 6.03 Å². The predicted octanol–water partition coefficient (Wildman–Crippen LogP) is 1.93. The molecule has 1 aromatic heterocycles. The molecule has 0 aliphatic carbocycles. The van der Waals surface area contributed by atoms with E-state index < -0.39 is 0 Å².